The lowest BCUT2D eigenvalue weighted by molar-refractivity contribution is -0.140. The molecule has 1 N–H and O–H groups in total. The fourth-order valence-corrected chi connectivity index (χ4v) is 4.62. The predicted octanol–water partition coefficient (Wildman–Crippen LogP) is 5.35. The minimum absolute atomic E-state index is 0.0184. The van der Waals surface area contributed by atoms with Crippen molar-refractivity contribution >= 4 is 33.4 Å². The van der Waals surface area contributed by atoms with E-state index in [0.717, 1.165) is 28.4 Å². The summed E-state index contributed by atoms with van der Waals surface area (Å²) >= 11 is 3.39. The van der Waals surface area contributed by atoms with Gasteiger partial charge in [0.2, 0.25) is 0 Å². The lowest BCUT2D eigenvalue weighted by Gasteiger charge is -2.28. The molecule has 2 aliphatic heterocycles. The largest absolute Gasteiger partial charge is 0.507 e. The Bertz CT molecular complexity index is 1040. The Kier molecular flexibility index (Phi) is 6.28. The number of carbonyl (C=O) groups excluding carboxylic acids is 2. The van der Waals surface area contributed by atoms with Crippen LogP contribution in [0.5, 0.6) is 0 Å². The minimum Gasteiger partial charge on any atom is -0.507 e. The van der Waals surface area contributed by atoms with Crippen LogP contribution in [-0.4, -0.2) is 41.0 Å². The summed E-state index contributed by atoms with van der Waals surface area (Å²) in [6.07, 6.45) is 1.70. The van der Waals surface area contributed by atoms with Gasteiger partial charge in [-0.3, -0.25) is 9.59 Å². The van der Waals surface area contributed by atoms with Crippen molar-refractivity contribution in [1.29, 1.82) is 0 Å². The number of hydrogen-bond donors (Lipinski definition) is 1. The topological polar surface area (TPSA) is 66.8 Å². The van der Waals surface area contributed by atoms with Crippen molar-refractivity contribution in [2.24, 2.45) is 0 Å². The number of amides is 1. The van der Waals surface area contributed by atoms with Crippen LogP contribution in [0.4, 0.5) is 0 Å². The van der Waals surface area contributed by atoms with E-state index >= 15 is 0 Å². The average molecular weight is 498 g/mol. The molecular weight excluding hydrogens is 470 g/mol. The third-order valence-corrected chi connectivity index (χ3v) is 6.70. The molecular formula is C26H28BrNO4. The molecule has 4 rings (SSSR count). The average Bonchev–Trinajstić information content (AvgIpc) is 3.36. The number of hydrogen-bond acceptors (Lipinski definition) is 4. The van der Waals surface area contributed by atoms with E-state index in [-0.39, 0.29) is 22.9 Å². The molecule has 2 heterocycles. The summed E-state index contributed by atoms with van der Waals surface area (Å²) in [5.74, 6) is -1.41. The Labute approximate surface area is 197 Å². The van der Waals surface area contributed by atoms with Crippen LogP contribution in [0.2, 0.25) is 0 Å². The van der Waals surface area contributed by atoms with Crippen LogP contribution in [0, 0.1) is 0 Å². The fourth-order valence-electron chi connectivity index (χ4n) is 4.35. The van der Waals surface area contributed by atoms with Gasteiger partial charge in [0, 0.05) is 23.2 Å². The maximum Gasteiger partial charge on any atom is 0.295 e. The highest BCUT2D eigenvalue weighted by molar-refractivity contribution is 9.10. The molecule has 0 aromatic heterocycles. The second kappa shape index (κ2) is 8.83. The third kappa shape index (κ3) is 4.39. The lowest BCUT2D eigenvalue weighted by Crippen LogP contribution is -2.36. The van der Waals surface area contributed by atoms with E-state index in [1.54, 1.807) is 29.2 Å². The van der Waals surface area contributed by atoms with E-state index in [1.165, 1.54) is 0 Å². The number of nitrogens with zero attached hydrogens (tertiary/aromatic N) is 1. The van der Waals surface area contributed by atoms with E-state index in [4.69, 9.17) is 4.74 Å². The number of aliphatic hydroxyl groups is 1. The van der Waals surface area contributed by atoms with Gasteiger partial charge in [0.15, 0.2) is 0 Å². The molecule has 0 bridgehead atoms. The van der Waals surface area contributed by atoms with E-state index in [9.17, 15) is 14.7 Å². The highest BCUT2D eigenvalue weighted by Crippen LogP contribution is 2.40. The van der Waals surface area contributed by atoms with Crippen LogP contribution in [0.25, 0.3) is 5.76 Å². The molecule has 0 spiro atoms. The fraction of sp³-hybridized carbons (Fsp3) is 0.385. The van der Waals surface area contributed by atoms with Gasteiger partial charge >= 0.3 is 0 Å². The standard InChI is InChI=1S/C26H28BrNO4/c1-26(2,3)18-10-6-16(7-11-18)22-21(23(29)17-8-12-19(27)13-9-17)24(30)25(31)28(22)15-20-5-4-14-32-20/h6-13,20,22,29H,4-5,14-15H2,1-3H3/t20-,22+/m0/s1. The van der Waals surface area contributed by atoms with Crippen LogP contribution < -0.4 is 0 Å². The second-order valence-electron chi connectivity index (χ2n) is 9.47. The molecule has 0 aliphatic carbocycles. The molecule has 5 nitrogen and oxygen atoms in total. The van der Waals surface area contributed by atoms with Gasteiger partial charge in [-0.25, -0.2) is 0 Å². The van der Waals surface area contributed by atoms with Crippen molar-refractivity contribution in [2.45, 2.75) is 51.2 Å². The number of rotatable bonds is 4. The first kappa shape index (κ1) is 22.7. The Morgan fingerprint density at radius 1 is 1.09 bits per heavy atom. The Morgan fingerprint density at radius 3 is 2.31 bits per heavy atom. The lowest BCUT2D eigenvalue weighted by atomic mass is 9.85. The summed E-state index contributed by atoms with van der Waals surface area (Å²) in [7, 11) is 0. The summed E-state index contributed by atoms with van der Waals surface area (Å²) in [4.78, 5) is 27.8. The van der Waals surface area contributed by atoms with Gasteiger partial charge < -0.3 is 14.7 Å². The Morgan fingerprint density at radius 2 is 1.75 bits per heavy atom. The SMILES string of the molecule is CC(C)(C)c1ccc([C@@H]2C(=C(O)c3ccc(Br)cc3)C(=O)C(=O)N2C[C@@H]2CCCO2)cc1. The number of Topliss-reactive ketones (excluding diaryl/α,β-unsaturated/α-hetero) is 1. The van der Waals surface area contributed by atoms with Crippen molar-refractivity contribution in [3.63, 3.8) is 0 Å². The van der Waals surface area contributed by atoms with Gasteiger partial charge in [-0.15, -0.1) is 0 Å². The number of ketones is 1. The van der Waals surface area contributed by atoms with Crippen molar-refractivity contribution in [1.82, 2.24) is 4.90 Å². The van der Waals surface area contributed by atoms with Crippen LogP contribution in [0.1, 0.15) is 56.3 Å². The molecule has 2 aliphatic rings. The predicted molar refractivity (Wildman–Crippen MR) is 127 cm³/mol. The number of halogens is 1. The number of benzene rings is 2. The van der Waals surface area contributed by atoms with Crippen LogP contribution in [0.15, 0.2) is 58.6 Å². The maximum atomic E-state index is 13.1. The number of ether oxygens (including phenoxy) is 1. The van der Waals surface area contributed by atoms with Gasteiger partial charge in [0.1, 0.15) is 5.76 Å². The van der Waals surface area contributed by atoms with Crippen LogP contribution in [0.3, 0.4) is 0 Å². The quantitative estimate of drug-likeness (QED) is 0.351. The molecule has 2 aromatic carbocycles. The third-order valence-electron chi connectivity index (χ3n) is 6.17. The van der Waals surface area contributed by atoms with Gasteiger partial charge in [-0.2, -0.15) is 0 Å². The van der Waals surface area contributed by atoms with Crippen LogP contribution >= 0.6 is 15.9 Å². The zero-order valence-electron chi connectivity index (χ0n) is 18.6. The molecule has 2 fully saturated rings. The van der Waals surface area contributed by atoms with Gasteiger partial charge in [-0.1, -0.05) is 73.1 Å². The molecule has 6 heteroatoms. The molecule has 1 amide bonds. The smallest absolute Gasteiger partial charge is 0.295 e. The van der Waals surface area contributed by atoms with E-state index in [1.807, 2.05) is 24.3 Å². The molecule has 32 heavy (non-hydrogen) atoms. The summed E-state index contributed by atoms with van der Waals surface area (Å²) in [6.45, 7) is 7.41. The summed E-state index contributed by atoms with van der Waals surface area (Å²) < 4.78 is 6.61. The zero-order valence-corrected chi connectivity index (χ0v) is 20.2. The first-order chi connectivity index (χ1) is 15.2. The number of aliphatic hydroxyl groups excluding tert-OH is 1. The first-order valence-corrected chi connectivity index (χ1v) is 11.7. The maximum absolute atomic E-state index is 13.1. The van der Waals surface area contributed by atoms with Crippen LogP contribution in [-0.2, 0) is 19.7 Å². The van der Waals surface area contributed by atoms with Crippen molar-refractivity contribution in [3.8, 4) is 0 Å². The summed E-state index contributed by atoms with van der Waals surface area (Å²) in [6, 6.07) is 14.4. The zero-order chi connectivity index (χ0) is 23.0. The molecule has 2 aromatic rings. The second-order valence-corrected chi connectivity index (χ2v) is 10.4. The molecule has 0 unspecified atom stereocenters. The van der Waals surface area contributed by atoms with Gasteiger partial charge in [-0.05, 0) is 41.5 Å². The molecule has 0 saturated carbocycles. The van der Waals surface area contributed by atoms with Gasteiger partial charge in [0.05, 0.1) is 17.7 Å². The van der Waals surface area contributed by atoms with E-state index in [2.05, 4.69) is 36.7 Å². The monoisotopic (exact) mass is 497 g/mol. The minimum atomic E-state index is -0.659. The summed E-state index contributed by atoms with van der Waals surface area (Å²) in [5, 5.41) is 11.1. The molecule has 2 atom stereocenters. The highest BCUT2D eigenvalue weighted by atomic mass is 79.9. The van der Waals surface area contributed by atoms with E-state index in [0.29, 0.717) is 18.7 Å². The highest BCUT2D eigenvalue weighted by Gasteiger charge is 2.47. The number of likely N-dealkylation sites (tertiary alicyclic amines) is 1. The van der Waals surface area contributed by atoms with Crippen molar-refractivity contribution < 1.29 is 19.4 Å². The molecule has 0 radical (unpaired) electrons. The number of carbonyl (C=O) groups is 2. The van der Waals surface area contributed by atoms with E-state index < -0.39 is 17.7 Å². The molecule has 2 saturated heterocycles. The van der Waals surface area contributed by atoms with Crippen molar-refractivity contribution in [3.05, 3.63) is 75.3 Å². The Balaban J connectivity index is 1.81. The Hall–Kier alpha value is -2.44. The first-order valence-electron chi connectivity index (χ1n) is 10.9. The molecule has 168 valence electrons. The normalized spacial score (nSPS) is 23.2. The van der Waals surface area contributed by atoms with Gasteiger partial charge in [0.25, 0.3) is 11.7 Å². The van der Waals surface area contributed by atoms with Crippen molar-refractivity contribution in [2.75, 3.05) is 13.2 Å². The summed E-state index contributed by atoms with van der Waals surface area (Å²) in [5.41, 5.74) is 2.56.